The van der Waals surface area contributed by atoms with Crippen LogP contribution < -0.4 is 4.72 Å². The van der Waals surface area contributed by atoms with Gasteiger partial charge in [-0.2, -0.15) is 13.2 Å². The van der Waals surface area contributed by atoms with Gasteiger partial charge < -0.3 is 5.11 Å². The van der Waals surface area contributed by atoms with E-state index in [0.717, 1.165) is 17.4 Å². The van der Waals surface area contributed by atoms with E-state index >= 15 is 0 Å². The van der Waals surface area contributed by atoms with Crippen LogP contribution in [-0.4, -0.2) is 29.9 Å². The number of hydrogen-bond donors (Lipinski definition) is 2. The highest BCUT2D eigenvalue weighted by Gasteiger charge is 2.51. The molecule has 5 nitrogen and oxygen atoms in total. The van der Waals surface area contributed by atoms with Gasteiger partial charge in [-0.1, -0.05) is 35.9 Å². The fraction of sp³-hybridized carbons (Fsp3) is 0.269. The zero-order chi connectivity index (χ0) is 27.5. The minimum atomic E-state index is -4.90. The molecule has 12 heteroatoms. The number of halogens is 5. The number of pyridine rings is 1. The summed E-state index contributed by atoms with van der Waals surface area (Å²) in [4.78, 5) is 4.67. The third-order valence-corrected chi connectivity index (χ3v) is 10.0. The molecule has 4 aromatic rings. The Morgan fingerprint density at radius 1 is 1.13 bits per heavy atom. The number of aliphatic hydroxyl groups is 1. The number of sulfonamides is 1. The van der Waals surface area contributed by atoms with Crippen molar-refractivity contribution in [1.82, 2.24) is 9.71 Å². The first-order valence-electron chi connectivity index (χ1n) is 11.5. The van der Waals surface area contributed by atoms with E-state index in [4.69, 9.17) is 11.6 Å². The number of benzene rings is 2. The lowest BCUT2D eigenvalue weighted by Gasteiger charge is -2.26. The van der Waals surface area contributed by atoms with E-state index < -0.39 is 38.9 Å². The number of nitrogens with one attached hydrogen (secondary N) is 1. The van der Waals surface area contributed by atoms with Crippen LogP contribution in [0.25, 0.3) is 21.3 Å². The van der Waals surface area contributed by atoms with E-state index in [9.17, 15) is 31.1 Å². The molecule has 0 spiro atoms. The van der Waals surface area contributed by atoms with Crippen LogP contribution in [0.5, 0.6) is 0 Å². The van der Waals surface area contributed by atoms with Gasteiger partial charge in [-0.15, -0.1) is 11.3 Å². The molecule has 1 aliphatic carbocycles. The van der Waals surface area contributed by atoms with Crippen LogP contribution in [-0.2, 0) is 15.6 Å². The molecule has 0 radical (unpaired) electrons. The smallest absolute Gasteiger partial charge is 0.376 e. The van der Waals surface area contributed by atoms with Crippen molar-refractivity contribution in [3.8, 4) is 11.3 Å². The molecule has 0 saturated heterocycles. The number of aromatic nitrogens is 1. The Balaban J connectivity index is 1.64. The molecule has 38 heavy (non-hydrogen) atoms. The van der Waals surface area contributed by atoms with Gasteiger partial charge in [0, 0.05) is 31.9 Å². The quantitative estimate of drug-likeness (QED) is 0.237. The third kappa shape index (κ3) is 4.93. The number of alkyl halides is 3. The number of thiophene rings is 1. The fourth-order valence-electron chi connectivity index (χ4n) is 4.16. The zero-order valence-electron chi connectivity index (χ0n) is 19.8. The summed E-state index contributed by atoms with van der Waals surface area (Å²) in [6.45, 7) is 0.671. The molecule has 0 amide bonds. The summed E-state index contributed by atoms with van der Waals surface area (Å²) in [6.07, 6.45) is -2.71. The molecular formula is C26H21ClF4N2O3S2. The topological polar surface area (TPSA) is 79.3 Å². The Kier molecular flexibility index (Phi) is 6.80. The standard InChI is InChI=1S/C26H21ClF4N2O3S2/c1-25(34,26(29,30)31)15-10-11-32-20(13-15)17-5-2-4-14-12-21(37-24(14)17)23(33-38(35,36)16-8-9-16)22-18(27)6-3-7-19(22)28/h2-7,10-13,16,23,33-34H,8-9H2,1H3/t23?,25-/m1/s1. The van der Waals surface area contributed by atoms with Crippen molar-refractivity contribution < 1.29 is 31.1 Å². The number of rotatable bonds is 7. The van der Waals surface area contributed by atoms with Crippen molar-refractivity contribution in [2.45, 2.75) is 42.8 Å². The SMILES string of the molecule is C[C@@](O)(c1ccnc(-c2cccc3cc(C(NS(=O)(=O)C4CC4)c4c(F)cccc4Cl)sc23)c1)C(F)(F)F. The van der Waals surface area contributed by atoms with Crippen LogP contribution in [0.2, 0.25) is 5.02 Å². The average Bonchev–Trinajstić information content (AvgIpc) is 3.62. The number of fused-ring (bicyclic) bond motifs is 1. The second-order valence-electron chi connectivity index (χ2n) is 9.30. The Bertz CT molecular complexity index is 1610. The van der Waals surface area contributed by atoms with Gasteiger partial charge in [-0.25, -0.2) is 17.5 Å². The van der Waals surface area contributed by atoms with Gasteiger partial charge in [-0.05, 0) is 61.0 Å². The predicted octanol–water partition coefficient (Wildman–Crippen LogP) is 6.70. The maximum Gasteiger partial charge on any atom is 0.421 e. The van der Waals surface area contributed by atoms with E-state index in [1.54, 1.807) is 24.3 Å². The zero-order valence-corrected chi connectivity index (χ0v) is 22.1. The summed E-state index contributed by atoms with van der Waals surface area (Å²) in [5.41, 5.74) is -2.83. The van der Waals surface area contributed by atoms with Crippen molar-refractivity contribution in [3.63, 3.8) is 0 Å². The van der Waals surface area contributed by atoms with Crippen LogP contribution in [0.1, 0.15) is 41.8 Å². The largest absolute Gasteiger partial charge is 0.421 e. The van der Waals surface area contributed by atoms with Crippen molar-refractivity contribution in [2.24, 2.45) is 0 Å². The van der Waals surface area contributed by atoms with Crippen molar-refractivity contribution >= 4 is 43.0 Å². The lowest BCUT2D eigenvalue weighted by Crippen LogP contribution is -2.39. The fourth-order valence-corrected chi connectivity index (χ4v) is 7.27. The Hall–Kier alpha value is -2.57. The molecule has 1 aliphatic rings. The molecule has 2 atom stereocenters. The van der Waals surface area contributed by atoms with Crippen LogP contribution in [0.4, 0.5) is 17.6 Å². The summed E-state index contributed by atoms with van der Waals surface area (Å²) in [6, 6.07) is 12.0. The highest BCUT2D eigenvalue weighted by molar-refractivity contribution is 7.90. The first-order valence-corrected chi connectivity index (χ1v) is 14.3. The summed E-state index contributed by atoms with van der Waals surface area (Å²) in [5, 5.41) is 10.3. The highest BCUT2D eigenvalue weighted by Crippen LogP contribution is 2.43. The van der Waals surface area contributed by atoms with Gasteiger partial charge in [0.2, 0.25) is 10.0 Å². The third-order valence-electron chi connectivity index (χ3n) is 6.53. The minimum absolute atomic E-state index is 0.0205. The lowest BCUT2D eigenvalue weighted by molar-refractivity contribution is -0.258. The molecule has 1 unspecified atom stereocenters. The molecule has 1 fully saturated rings. The Morgan fingerprint density at radius 3 is 2.50 bits per heavy atom. The predicted molar refractivity (Wildman–Crippen MR) is 139 cm³/mol. The first-order chi connectivity index (χ1) is 17.8. The van der Waals surface area contributed by atoms with Crippen LogP contribution in [0.3, 0.4) is 0 Å². The summed E-state index contributed by atoms with van der Waals surface area (Å²) in [7, 11) is -3.77. The van der Waals surface area contributed by atoms with Gasteiger partial charge in [0.25, 0.3) is 0 Å². The van der Waals surface area contributed by atoms with E-state index in [1.165, 1.54) is 30.5 Å². The van der Waals surface area contributed by atoms with Crippen LogP contribution in [0, 0.1) is 5.82 Å². The molecule has 2 heterocycles. The van der Waals surface area contributed by atoms with Gasteiger partial charge in [0.05, 0.1) is 17.0 Å². The monoisotopic (exact) mass is 584 g/mol. The lowest BCUT2D eigenvalue weighted by atomic mass is 9.94. The average molecular weight is 585 g/mol. The molecule has 2 aromatic heterocycles. The van der Waals surface area contributed by atoms with Gasteiger partial charge in [0.15, 0.2) is 5.60 Å². The Labute approximate surface area is 225 Å². The second-order valence-corrected chi connectivity index (χ2v) is 12.8. The van der Waals surface area contributed by atoms with Gasteiger partial charge >= 0.3 is 6.18 Å². The molecule has 1 saturated carbocycles. The summed E-state index contributed by atoms with van der Waals surface area (Å²) in [5.74, 6) is -0.678. The molecular weight excluding hydrogens is 564 g/mol. The minimum Gasteiger partial charge on any atom is -0.376 e. The molecule has 200 valence electrons. The van der Waals surface area contributed by atoms with Gasteiger partial charge in [-0.3, -0.25) is 4.98 Å². The molecule has 0 bridgehead atoms. The highest BCUT2D eigenvalue weighted by atomic mass is 35.5. The first kappa shape index (κ1) is 27.0. The maximum atomic E-state index is 15.0. The van der Waals surface area contributed by atoms with E-state index in [0.29, 0.717) is 40.3 Å². The second kappa shape index (κ2) is 9.56. The van der Waals surface area contributed by atoms with Crippen LogP contribution in [0.15, 0.2) is 60.8 Å². The molecule has 2 N–H and O–H groups in total. The molecule has 2 aromatic carbocycles. The summed E-state index contributed by atoms with van der Waals surface area (Å²) >= 11 is 7.48. The van der Waals surface area contributed by atoms with Crippen LogP contribution >= 0.6 is 22.9 Å². The number of hydrogen-bond acceptors (Lipinski definition) is 5. The van der Waals surface area contributed by atoms with Crippen molar-refractivity contribution in [3.05, 3.63) is 87.6 Å². The van der Waals surface area contributed by atoms with E-state index in [2.05, 4.69) is 9.71 Å². The van der Waals surface area contributed by atoms with E-state index in [1.807, 2.05) is 0 Å². The van der Waals surface area contributed by atoms with E-state index in [-0.39, 0.29) is 21.8 Å². The normalized spacial score (nSPS) is 16.9. The summed E-state index contributed by atoms with van der Waals surface area (Å²) < 4.78 is 84.4. The van der Waals surface area contributed by atoms with Crippen molar-refractivity contribution in [1.29, 1.82) is 0 Å². The molecule has 5 rings (SSSR count). The van der Waals surface area contributed by atoms with Gasteiger partial charge in [0.1, 0.15) is 5.82 Å². The van der Waals surface area contributed by atoms with Crippen molar-refractivity contribution in [2.75, 3.05) is 0 Å². The number of nitrogens with zero attached hydrogens (tertiary/aromatic N) is 1. The maximum absolute atomic E-state index is 15.0. The molecule has 0 aliphatic heterocycles. The Morgan fingerprint density at radius 2 is 1.84 bits per heavy atom.